The Morgan fingerprint density at radius 1 is 1.29 bits per heavy atom. The lowest BCUT2D eigenvalue weighted by Crippen LogP contribution is -2.46. The van der Waals surface area contributed by atoms with E-state index in [2.05, 4.69) is 10.6 Å². The smallest absolute Gasteiger partial charge is 0.314 e. The molecule has 0 aromatic carbocycles. The second kappa shape index (κ2) is 6.07. The van der Waals surface area contributed by atoms with Gasteiger partial charge in [0.1, 0.15) is 0 Å². The van der Waals surface area contributed by atoms with Gasteiger partial charge in [-0.05, 0) is 13.8 Å². The zero-order chi connectivity index (χ0) is 13.6. The van der Waals surface area contributed by atoms with Gasteiger partial charge in [-0.1, -0.05) is 6.92 Å². The Bertz CT molecular complexity index is 315. The highest BCUT2D eigenvalue weighted by molar-refractivity contribution is 5.81. The van der Waals surface area contributed by atoms with Gasteiger partial charge in [0.2, 0.25) is 5.91 Å². The van der Waals surface area contributed by atoms with Crippen molar-refractivity contribution in [1.82, 2.24) is 10.6 Å². The molecule has 0 aliphatic rings. The fourth-order valence-corrected chi connectivity index (χ4v) is 0.784. The normalized spacial score (nSPS) is 12.6. The molecule has 5 N–H and O–H groups in total. The Kier molecular flexibility index (Phi) is 5.43. The molecule has 0 saturated carbocycles. The summed E-state index contributed by atoms with van der Waals surface area (Å²) in [5.74, 6) is -2.16. The number of hydrogen-bond donors (Lipinski definition) is 4. The van der Waals surface area contributed by atoms with Crippen LogP contribution >= 0.6 is 0 Å². The van der Waals surface area contributed by atoms with Gasteiger partial charge >= 0.3 is 12.0 Å². The summed E-state index contributed by atoms with van der Waals surface area (Å²) in [6, 6.07) is -0.521. The Labute approximate surface area is 99.7 Å². The highest BCUT2D eigenvalue weighted by Gasteiger charge is 2.25. The highest BCUT2D eigenvalue weighted by atomic mass is 16.4. The van der Waals surface area contributed by atoms with Gasteiger partial charge in [-0.3, -0.25) is 9.59 Å². The van der Waals surface area contributed by atoms with Crippen molar-refractivity contribution in [2.24, 2.45) is 17.1 Å². The number of carboxylic acids is 1. The number of amides is 3. The molecule has 0 spiro atoms. The van der Waals surface area contributed by atoms with Gasteiger partial charge < -0.3 is 21.5 Å². The minimum absolute atomic E-state index is 0.0260. The standard InChI is InChI=1S/C10H19N3O4/c1-6(7(14)15)4-12-9(17)13-5-10(2,3)8(11)16/h6H,4-5H2,1-3H3,(H2,11,16)(H,14,15)(H2,12,13,17). The predicted octanol–water partition coefficient (Wildman–Crippen LogP) is -0.482. The number of nitrogens with two attached hydrogens (primary N) is 1. The maximum Gasteiger partial charge on any atom is 0.314 e. The molecule has 0 saturated heterocycles. The zero-order valence-electron chi connectivity index (χ0n) is 10.2. The molecular formula is C10H19N3O4. The molecule has 7 heteroatoms. The van der Waals surface area contributed by atoms with Crippen LogP contribution in [0.5, 0.6) is 0 Å². The summed E-state index contributed by atoms with van der Waals surface area (Å²) in [4.78, 5) is 32.7. The van der Waals surface area contributed by atoms with Crippen molar-refractivity contribution >= 4 is 17.9 Å². The van der Waals surface area contributed by atoms with E-state index in [0.717, 1.165) is 0 Å². The van der Waals surface area contributed by atoms with Crippen LogP contribution in [-0.4, -0.2) is 36.1 Å². The molecule has 0 heterocycles. The first-order valence-corrected chi connectivity index (χ1v) is 5.21. The van der Waals surface area contributed by atoms with Crippen molar-refractivity contribution in [2.75, 3.05) is 13.1 Å². The van der Waals surface area contributed by atoms with Crippen LogP contribution in [0.3, 0.4) is 0 Å². The SMILES string of the molecule is CC(CNC(=O)NCC(C)(C)C(N)=O)C(=O)O. The molecule has 1 unspecified atom stereocenters. The molecule has 0 rings (SSSR count). The van der Waals surface area contributed by atoms with Crippen molar-refractivity contribution in [3.05, 3.63) is 0 Å². The average Bonchev–Trinajstić information content (AvgIpc) is 2.22. The molecular weight excluding hydrogens is 226 g/mol. The van der Waals surface area contributed by atoms with Crippen LogP contribution in [0.25, 0.3) is 0 Å². The molecule has 17 heavy (non-hydrogen) atoms. The number of aliphatic carboxylic acids is 1. The number of carbonyl (C=O) groups is 3. The molecule has 0 fully saturated rings. The van der Waals surface area contributed by atoms with Gasteiger partial charge in [-0.2, -0.15) is 0 Å². The predicted molar refractivity (Wildman–Crippen MR) is 61.2 cm³/mol. The van der Waals surface area contributed by atoms with Crippen molar-refractivity contribution < 1.29 is 19.5 Å². The molecule has 98 valence electrons. The van der Waals surface area contributed by atoms with E-state index in [1.54, 1.807) is 13.8 Å². The van der Waals surface area contributed by atoms with E-state index < -0.39 is 29.2 Å². The third kappa shape index (κ3) is 5.74. The molecule has 0 aromatic rings. The van der Waals surface area contributed by atoms with E-state index in [9.17, 15) is 14.4 Å². The number of carbonyl (C=O) groups excluding carboxylic acids is 2. The summed E-state index contributed by atoms with van der Waals surface area (Å²) in [6.07, 6.45) is 0. The fourth-order valence-electron chi connectivity index (χ4n) is 0.784. The van der Waals surface area contributed by atoms with Gasteiger partial charge in [0.15, 0.2) is 0 Å². The minimum atomic E-state index is -0.984. The van der Waals surface area contributed by atoms with Crippen molar-refractivity contribution in [3.8, 4) is 0 Å². The van der Waals surface area contributed by atoms with Crippen LogP contribution in [-0.2, 0) is 9.59 Å². The van der Waals surface area contributed by atoms with Gasteiger partial charge in [0.05, 0.1) is 11.3 Å². The third-order valence-electron chi connectivity index (χ3n) is 2.35. The van der Waals surface area contributed by atoms with E-state index in [1.807, 2.05) is 0 Å². The van der Waals surface area contributed by atoms with E-state index in [1.165, 1.54) is 6.92 Å². The summed E-state index contributed by atoms with van der Waals surface area (Å²) < 4.78 is 0. The van der Waals surface area contributed by atoms with E-state index in [4.69, 9.17) is 10.8 Å². The van der Waals surface area contributed by atoms with Crippen LogP contribution < -0.4 is 16.4 Å². The molecule has 0 bridgehead atoms. The third-order valence-corrected chi connectivity index (χ3v) is 2.35. The molecule has 0 radical (unpaired) electrons. The van der Waals surface area contributed by atoms with Gasteiger partial charge in [0, 0.05) is 13.1 Å². The quantitative estimate of drug-likeness (QED) is 0.504. The second-order valence-corrected chi connectivity index (χ2v) is 4.55. The Hall–Kier alpha value is -1.79. The summed E-state index contributed by atoms with van der Waals surface area (Å²) in [5, 5.41) is 13.4. The monoisotopic (exact) mass is 245 g/mol. The molecule has 0 aromatic heterocycles. The zero-order valence-corrected chi connectivity index (χ0v) is 10.2. The van der Waals surface area contributed by atoms with Gasteiger partial charge in [-0.15, -0.1) is 0 Å². The molecule has 3 amide bonds. The first kappa shape index (κ1) is 15.2. The lowest BCUT2D eigenvalue weighted by atomic mass is 9.93. The lowest BCUT2D eigenvalue weighted by Gasteiger charge is -2.21. The maximum absolute atomic E-state index is 11.3. The molecule has 7 nitrogen and oxygen atoms in total. The number of hydrogen-bond acceptors (Lipinski definition) is 3. The Balaban J connectivity index is 3.97. The highest BCUT2D eigenvalue weighted by Crippen LogP contribution is 2.11. The van der Waals surface area contributed by atoms with E-state index >= 15 is 0 Å². The van der Waals surface area contributed by atoms with Crippen LogP contribution in [0, 0.1) is 11.3 Å². The summed E-state index contributed by atoms with van der Waals surface area (Å²) in [6.45, 7) is 4.81. The van der Waals surface area contributed by atoms with Crippen LogP contribution in [0.1, 0.15) is 20.8 Å². The Morgan fingerprint density at radius 3 is 2.24 bits per heavy atom. The topological polar surface area (TPSA) is 122 Å². The number of primary amides is 1. The fraction of sp³-hybridized carbons (Fsp3) is 0.700. The largest absolute Gasteiger partial charge is 0.481 e. The van der Waals surface area contributed by atoms with Gasteiger partial charge in [-0.25, -0.2) is 4.79 Å². The van der Waals surface area contributed by atoms with Gasteiger partial charge in [0.25, 0.3) is 0 Å². The average molecular weight is 245 g/mol. The van der Waals surface area contributed by atoms with Crippen molar-refractivity contribution in [2.45, 2.75) is 20.8 Å². The molecule has 0 aliphatic heterocycles. The second-order valence-electron chi connectivity index (χ2n) is 4.55. The van der Waals surface area contributed by atoms with E-state index in [-0.39, 0.29) is 13.1 Å². The minimum Gasteiger partial charge on any atom is -0.481 e. The summed E-state index contributed by atoms with van der Waals surface area (Å²) in [5.41, 5.74) is 4.29. The van der Waals surface area contributed by atoms with Crippen LogP contribution in [0.4, 0.5) is 4.79 Å². The number of rotatable bonds is 6. The van der Waals surface area contributed by atoms with Crippen molar-refractivity contribution in [3.63, 3.8) is 0 Å². The van der Waals surface area contributed by atoms with Crippen molar-refractivity contribution in [1.29, 1.82) is 0 Å². The number of urea groups is 1. The maximum atomic E-state index is 11.3. The first-order valence-electron chi connectivity index (χ1n) is 5.21. The molecule has 1 atom stereocenters. The summed E-state index contributed by atoms with van der Waals surface area (Å²) in [7, 11) is 0. The van der Waals surface area contributed by atoms with Crippen LogP contribution in [0.15, 0.2) is 0 Å². The first-order chi connectivity index (χ1) is 7.66. The Morgan fingerprint density at radius 2 is 1.82 bits per heavy atom. The summed E-state index contributed by atoms with van der Waals surface area (Å²) >= 11 is 0. The van der Waals surface area contributed by atoms with E-state index in [0.29, 0.717) is 0 Å². The van der Waals surface area contributed by atoms with Crippen LogP contribution in [0.2, 0.25) is 0 Å². The molecule has 0 aliphatic carbocycles. The lowest BCUT2D eigenvalue weighted by molar-refractivity contribution is -0.140. The number of carboxylic acid groups (broad SMARTS) is 1. The number of nitrogens with one attached hydrogen (secondary N) is 2.